The first kappa shape index (κ1) is 28.9. The SMILES string of the molecule is CCCC1=C(C(=O)OCC)[C@H](c2ccc3c(c2)OCO3)n2c(s/c(=C\c3ccc(OCc4ccc(Br)cc4)cc3)c2=O)=N1. The zero-order chi connectivity index (χ0) is 29.9. The lowest BCUT2D eigenvalue weighted by atomic mass is 9.94. The van der Waals surface area contributed by atoms with Crippen LogP contribution in [0.15, 0.2) is 92.3 Å². The van der Waals surface area contributed by atoms with E-state index in [1.807, 2.05) is 73.7 Å². The Morgan fingerprint density at radius 3 is 2.58 bits per heavy atom. The number of hydrogen-bond donors (Lipinski definition) is 0. The van der Waals surface area contributed by atoms with Crippen molar-refractivity contribution in [1.82, 2.24) is 4.57 Å². The van der Waals surface area contributed by atoms with Crippen LogP contribution in [0.1, 0.15) is 49.4 Å². The van der Waals surface area contributed by atoms with Crippen LogP contribution < -0.4 is 29.1 Å². The smallest absolute Gasteiger partial charge is 0.338 e. The summed E-state index contributed by atoms with van der Waals surface area (Å²) in [7, 11) is 0. The number of thiazole rings is 1. The number of allylic oxidation sites excluding steroid dienone is 1. The van der Waals surface area contributed by atoms with Gasteiger partial charge in [-0.25, -0.2) is 9.79 Å². The highest BCUT2D eigenvalue weighted by Gasteiger charge is 2.35. The van der Waals surface area contributed by atoms with E-state index in [1.165, 1.54) is 11.3 Å². The summed E-state index contributed by atoms with van der Waals surface area (Å²) in [6.07, 6.45) is 3.19. The third-order valence-electron chi connectivity index (χ3n) is 7.10. The average molecular weight is 662 g/mol. The summed E-state index contributed by atoms with van der Waals surface area (Å²) < 4.78 is 25.7. The molecule has 43 heavy (non-hydrogen) atoms. The van der Waals surface area contributed by atoms with Gasteiger partial charge in [0.15, 0.2) is 16.3 Å². The number of aromatic nitrogens is 1. The topological polar surface area (TPSA) is 88.4 Å². The molecule has 3 heterocycles. The first-order chi connectivity index (χ1) is 20.9. The van der Waals surface area contributed by atoms with Crippen LogP contribution in [-0.4, -0.2) is 23.9 Å². The Hall–Kier alpha value is -4.15. The summed E-state index contributed by atoms with van der Waals surface area (Å²) in [6.45, 7) is 4.58. The van der Waals surface area contributed by atoms with Gasteiger partial charge in [-0.15, -0.1) is 0 Å². The van der Waals surface area contributed by atoms with Crippen molar-refractivity contribution in [2.75, 3.05) is 13.4 Å². The van der Waals surface area contributed by atoms with Gasteiger partial charge in [-0.3, -0.25) is 9.36 Å². The number of hydrogen-bond acceptors (Lipinski definition) is 8. The summed E-state index contributed by atoms with van der Waals surface area (Å²) in [5.41, 5.74) is 3.39. The Morgan fingerprint density at radius 2 is 1.84 bits per heavy atom. The molecule has 0 amide bonds. The summed E-state index contributed by atoms with van der Waals surface area (Å²) in [6, 6.07) is 20.3. The highest BCUT2D eigenvalue weighted by atomic mass is 79.9. The lowest BCUT2D eigenvalue weighted by Crippen LogP contribution is -2.40. The second kappa shape index (κ2) is 12.6. The van der Waals surface area contributed by atoms with Crippen LogP contribution in [0.2, 0.25) is 0 Å². The van der Waals surface area contributed by atoms with Crippen molar-refractivity contribution in [3.8, 4) is 17.2 Å². The van der Waals surface area contributed by atoms with Crippen molar-refractivity contribution in [2.24, 2.45) is 4.99 Å². The number of carbonyl (C=O) groups excluding carboxylic acids is 1. The van der Waals surface area contributed by atoms with Crippen molar-refractivity contribution in [2.45, 2.75) is 39.3 Å². The highest BCUT2D eigenvalue weighted by molar-refractivity contribution is 9.10. The van der Waals surface area contributed by atoms with Crippen molar-refractivity contribution in [1.29, 1.82) is 0 Å². The monoisotopic (exact) mass is 660 g/mol. The van der Waals surface area contributed by atoms with Gasteiger partial charge in [0.2, 0.25) is 6.79 Å². The minimum atomic E-state index is -0.720. The maximum absolute atomic E-state index is 14.0. The van der Waals surface area contributed by atoms with Gasteiger partial charge < -0.3 is 18.9 Å². The average Bonchev–Trinajstić information content (AvgIpc) is 3.60. The number of carbonyl (C=O) groups is 1. The maximum atomic E-state index is 14.0. The summed E-state index contributed by atoms with van der Waals surface area (Å²) in [4.78, 5) is 32.7. The fraction of sp³-hybridized carbons (Fsp3) is 0.242. The molecule has 2 aliphatic heterocycles. The van der Waals surface area contributed by atoms with E-state index in [2.05, 4.69) is 15.9 Å². The standard InChI is InChI=1S/C33H29BrN2O6S/c1-3-5-25-29(32(38)39-4-2)30(22-10-15-26-27(17-22)42-19-41-26)36-31(37)28(43-33(36)35-25)16-20-8-13-24(14-9-20)40-18-21-6-11-23(34)12-7-21/h6-17,30H,3-5,18-19H2,1-2H3/b28-16-/t30-/m0/s1. The minimum Gasteiger partial charge on any atom is -0.489 e. The van der Waals surface area contributed by atoms with Crippen LogP contribution in [0.5, 0.6) is 17.2 Å². The summed E-state index contributed by atoms with van der Waals surface area (Å²) >= 11 is 4.75. The fourth-order valence-electron chi connectivity index (χ4n) is 5.08. The summed E-state index contributed by atoms with van der Waals surface area (Å²) in [5.74, 6) is 1.44. The van der Waals surface area contributed by atoms with E-state index in [9.17, 15) is 9.59 Å². The maximum Gasteiger partial charge on any atom is 0.338 e. The molecular formula is C33H29BrN2O6S. The Kier molecular flexibility index (Phi) is 8.49. The Balaban J connectivity index is 1.38. The molecule has 220 valence electrons. The zero-order valence-corrected chi connectivity index (χ0v) is 26.1. The van der Waals surface area contributed by atoms with Gasteiger partial charge in [0.25, 0.3) is 5.56 Å². The van der Waals surface area contributed by atoms with E-state index in [0.717, 1.165) is 33.3 Å². The molecule has 8 nitrogen and oxygen atoms in total. The summed E-state index contributed by atoms with van der Waals surface area (Å²) in [5, 5.41) is 0. The van der Waals surface area contributed by atoms with E-state index >= 15 is 0 Å². The lowest BCUT2D eigenvalue weighted by Gasteiger charge is -2.25. The van der Waals surface area contributed by atoms with Crippen molar-refractivity contribution in [3.05, 3.63) is 119 Å². The molecule has 0 radical (unpaired) electrons. The van der Waals surface area contributed by atoms with E-state index in [-0.39, 0.29) is 19.0 Å². The zero-order valence-electron chi connectivity index (χ0n) is 23.7. The van der Waals surface area contributed by atoms with Crippen LogP contribution in [-0.2, 0) is 16.1 Å². The highest BCUT2D eigenvalue weighted by Crippen LogP contribution is 2.38. The molecule has 0 spiro atoms. The quantitative estimate of drug-likeness (QED) is 0.216. The molecule has 3 aromatic carbocycles. The second-order valence-corrected chi connectivity index (χ2v) is 11.9. The molecule has 0 unspecified atom stereocenters. The van der Waals surface area contributed by atoms with Crippen molar-refractivity contribution >= 4 is 39.3 Å². The first-order valence-corrected chi connectivity index (χ1v) is 15.6. The first-order valence-electron chi connectivity index (χ1n) is 14.0. The van der Waals surface area contributed by atoms with E-state index < -0.39 is 12.0 Å². The van der Waals surface area contributed by atoms with Gasteiger partial charge >= 0.3 is 5.97 Å². The van der Waals surface area contributed by atoms with Gasteiger partial charge in [-0.1, -0.05) is 70.9 Å². The Labute approximate surface area is 260 Å². The number of ether oxygens (including phenoxy) is 4. The minimum absolute atomic E-state index is 0.122. The predicted octanol–water partition coefficient (Wildman–Crippen LogP) is 5.65. The van der Waals surface area contributed by atoms with Gasteiger partial charge in [0.05, 0.1) is 28.5 Å². The molecule has 0 N–H and O–H groups in total. The molecule has 0 aliphatic carbocycles. The van der Waals surface area contributed by atoms with Crippen LogP contribution in [0, 0.1) is 0 Å². The van der Waals surface area contributed by atoms with Crippen molar-refractivity contribution in [3.63, 3.8) is 0 Å². The second-order valence-electron chi connectivity index (χ2n) is 10.0. The molecular weight excluding hydrogens is 632 g/mol. The normalized spacial score (nSPS) is 15.7. The van der Waals surface area contributed by atoms with Crippen LogP contribution in [0.25, 0.3) is 6.08 Å². The van der Waals surface area contributed by atoms with Gasteiger partial charge in [-0.2, -0.15) is 0 Å². The molecule has 0 fully saturated rings. The molecule has 6 rings (SSSR count). The van der Waals surface area contributed by atoms with Gasteiger partial charge in [0.1, 0.15) is 12.4 Å². The van der Waals surface area contributed by atoms with Crippen molar-refractivity contribution < 1.29 is 23.7 Å². The molecule has 2 aliphatic rings. The Bertz CT molecular complexity index is 1880. The number of benzene rings is 3. The number of fused-ring (bicyclic) bond motifs is 2. The molecule has 0 saturated carbocycles. The predicted molar refractivity (Wildman–Crippen MR) is 167 cm³/mol. The molecule has 1 aromatic heterocycles. The lowest BCUT2D eigenvalue weighted by molar-refractivity contribution is -0.139. The van der Waals surface area contributed by atoms with E-state index in [1.54, 1.807) is 17.6 Å². The van der Waals surface area contributed by atoms with E-state index in [4.69, 9.17) is 23.9 Å². The molecule has 0 saturated heterocycles. The largest absolute Gasteiger partial charge is 0.489 e. The van der Waals surface area contributed by atoms with Crippen LogP contribution in [0.4, 0.5) is 0 Å². The van der Waals surface area contributed by atoms with Gasteiger partial charge in [0, 0.05) is 4.47 Å². The fourth-order valence-corrected chi connectivity index (χ4v) is 6.36. The van der Waals surface area contributed by atoms with Crippen LogP contribution >= 0.6 is 27.3 Å². The molecule has 10 heteroatoms. The third-order valence-corrected chi connectivity index (χ3v) is 8.61. The molecule has 1 atom stereocenters. The van der Waals surface area contributed by atoms with E-state index in [0.29, 0.717) is 45.1 Å². The molecule has 4 aromatic rings. The number of halogens is 1. The Morgan fingerprint density at radius 1 is 1.07 bits per heavy atom. The number of rotatable bonds is 9. The van der Waals surface area contributed by atoms with Crippen LogP contribution in [0.3, 0.4) is 0 Å². The van der Waals surface area contributed by atoms with Gasteiger partial charge in [-0.05, 0) is 72.5 Å². The third kappa shape index (κ3) is 6.03. The molecule has 0 bridgehead atoms. The number of esters is 1. The number of nitrogens with zero attached hydrogens (tertiary/aromatic N) is 2.